The Hall–Kier alpha value is -3.93. The molecule has 0 spiro atoms. The van der Waals surface area contributed by atoms with E-state index in [1.807, 2.05) is 18.2 Å². The van der Waals surface area contributed by atoms with Crippen LogP contribution in [0.3, 0.4) is 0 Å². The molecule has 6 nitrogen and oxygen atoms in total. The molecule has 0 aliphatic heterocycles. The van der Waals surface area contributed by atoms with Gasteiger partial charge in [-0.15, -0.1) is 0 Å². The molecule has 0 amide bonds. The van der Waals surface area contributed by atoms with Gasteiger partial charge in [0.25, 0.3) is 0 Å². The molecule has 0 radical (unpaired) electrons. The minimum absolute atomic E-state index is 0.0138. The predicted molar refractivity (Wildman–Crippen MR) is 158 cm³/mol. The third kappa shape index (κ3) is 6.75. The van der Waals surface area contributed by atoms with E-state index < -0.39 is 0 Å². The van der Waals surface area contributed by atoms with E-state index in [1.54, 1.807) is 6.07 Å². The number of rotatable bonds is 11. The van der Waals surface area contributed by atoms with E-state index in [4.69, 9.17) is 24.4 Å². The molecule has 3 aromatic carbocycles. The van der Waals surface area contributed by atoms with Crippen molar-refractivity contribution in [3.8, 4) is 51.4 Å². The largest absolute Gasteiger partial charge is 0.507 e. The average molecular weight is 526 g/mol. The number of unbranched alkanes of at least 4 members (excludes halogenated alkanes) is 2. The molecular formula is C33H39N3O3. The zero-order chi connectivity index (χ0) is 27.9. The Bertz CT molecular complexity index is 1380. The van der Waals surface area contributed by atoms with E-state index in [1.165, 1.54) is 11.1 Å². The van der Waals surface area contributed by atoms with Gasteiger partial charge >= 0.3 is 0 Å². The lowest BCUT2D eigenvalue weighted by Crippen LogP contribution is -2.05. The summed E-state index contributed by atoms with van der Waals surface area (Å²) in [4.78, 5) is 14.7. The van der Waals surface area contributed by atoms with Crippen molar-refractivity contribution in [2.45, 2.75) is 67.2 Å². The number of aromatic nitrogens is 3. The van der Waals surface area contributed by atoms with Crippen LogP contribution in [0.4, 0.5) is 0 Å². The lowest BCUT2D eigenvalue weighted by molar-refractivity contribution is 0.292. The van der Waals surface area contributed by atoms with Crippen molar-refractivity contribution in [2.75, 3.05) is 13.2 Å². The molecule has 204 valence electrons. The molecule has 0 fully saturated rings. The number of aromatic hydroxyl groups is 1. The van der Waals surface area contributed by atoms with Crippen LogP contribution in [0.25, 0.3) is 34.2 Å². The van der Waals surface area contributed by atoms with Crippen LogP contribution in [0.15, 0.2) is 48.5 Å². The van der Waals surface area contributed by atoms with Crippen LogP contribution in [0.5, 0.6) is 17.2 Å². The quantitative estimate of drug-likeness (QED) is 0.199. The molecule has 0 aliphatic carbocycles. The Balaban J connectivity index is 1.92. The van der Waals surface area contributed by atoms with Crippen molar-refractivity contribution in [3.63, 3.8) is 0 Å². The molecule has 4 rings (SSSR count). The minimum Gasteiger partial charge on any atom is -0.507 e. The van der Waals surface area contributed by atoms with Crippen LogP contribution in [0.1, 0.15) is 61.8 Å². The highest BCUT2D eigenvalue weighted by Crippen LogP contribution is 2.41. The Morgan fingerprint density at radius 1 is 0.641 bits per heavy atom. The van der Waals surface area contributed by atoms with Gasteiger partial charge in [0.05, 0.1) is 13.2 Å². The summed E-state index contributed by atoms with van der Waals surface area (Å²) >= 11 is 0. The van der Waals surface area contributed by atoms with E-state index in [2.05, 4.69) is 65.8 Å². The predicted octanol–water partition coefficient (Wildman–Crippen LogP) is 8.17. The Morgan fingerprint density at radius 2 is 1.15 bits per heavy atom. The van der Waals surface area contributed by atoms with Gasteiger partial charge in [0.15, 0.2) is 17.5 Å². The maximum atomic E-state index is 11.3. The first-order valence-corrected chi connectivity index (χ1v) is 13.8. The smallest absolute Gasteiger partial charge is 0.171 e. The lowest BCUT2D eigenvalue weighted by Gasteiger charge is -2.17. The Labute approximate surface area is 232 Å². The number of benzene rings is 3. The van der Waals surface area contributed by atoms with Crippen LogP contribution in [0, 0.1) is 27.7 Å². The average Bonchev–Trinajstić information content (AvgIpc) is 2.88. The van der Waals surface area contributed by atoms with Gasteiger partial charge in [0.2, 0.25) is 0 Å². The number of phenols is 1. The maximum absolute atomic E-state index is 11.3. The third-order valence-electron chi connectivity index (χ3n) is 6.68. The van der Waals surface area contributed by atoms with Gasteiger partial charge < -0.3 is 14.6 Å². The molecular weight excluding hydrogens is 486 g/mol. The van der Waals surface area contributed by atoms with Gasteiger partial charge in [0, 0.05) is 23.3 Å². The molecule has 1 N–H and O–H groups in total. The van der Waals surface area contributed by atoms with E-state index >= 15 is 0 Å². The van der Waals surface area contributed by atoms with Crippen molar-refractivity contribution in [2.24, 2.45) is 0 Å². The molecule has 6 heteroatoms. The van der Waals surface area contributed by atoms with Crippen LogP contribution in [-0.4, -0.2) is 33.3 Å². The van der Waals surface area contributed by atoms with Crippen LogP contribution < -0.4 is 9.47 Å². The molecule has 0 bridgehead atoms. The van der Waals surface area contributed by atoms with Crippen LogP contribution in [0.2, 0.25) is 0 Å². The van der Waals surface area contributed by atoms with Gasteiger partial charge in [-0.05, 0) is 51.7 Å². The van der Waals surface area contributed by atoms with E-state index in [9.17, 15) is 5.11 Å². The molecule has 0 unspecified atom stereocenters. The summed E-state index contributed by atoms with van der Waals surface area (Å²) in [6.45, 7) is 13.6. The van der Waals surface area contributed by atoms with Crippen LogP contribution >= 0.6 is 0 Å². The fourth-order valence-corrected chi connectivity index (χ4v) is 4.52. The number of nitrogens with zero attached hydrogens (tertiary/aromatic N) is 3. The van der Waals surface area contributed by atoms with Gasteiger partial charge in [0.1, 0.15) is 22.8 Å². The normalized spacial score (nSPS) is 11.0. The Kier molecular flexibility index (Phi) is 9.18. The fraction of sp³-hybridized carbons (Fsp3) is 0.364. The number of hydrogen-bond donors (Lipinski definition) is 1. The van der Waals surface area contributed by atoms with Crippen molar-refractivity contribution in [3.05, 3.63) is 70.8 Å². The fourth-order valence-electron chi connectivity index (χ4n) is 4.52. The summed E-state index contributed by atoms with van der Waals surface area (Å²) in [5.41, 5.74) is 6.76. The molecule has 0 saturated heterocycles. The highest BCUT2D eigenvalue weighted by Gasteiger charge is 2.22. The molecule has 39 heavy (non-hydrogen) atoms. The first-order chi connectivity index (χ1) is 18.8. The zero-order valence-electron chi connectivity index (χ0n) is 24.0. The van der Waals surface area contributed by atoms with E-state index in [0.717, 1.165) is 47.9 Å². The zero-order valence-corrected chi connectivity index (χ0v) is 24.0. The topological polar surface area (TPSA) is 77.4 Å². The lowest BCUT2D eigenvalue weighted by atomic mass is 10.0. The number of hydrogen-bond acceptors (Lipinski definition) is 6. The highest BCUT2D eigenvalue weighted by molar-refractivity contribution is 5.76. The SMILES string of the molecule is CCCCOc1cc(O)c(-c2nc(-c3ccc(C)cc3C)nc(-c3ccc(C)cc3C)n2)c(OCCCC)c1. The summed E-state index contributed by atoms with van der Waals surface area (Å²) in [5, 5.41) is 11.3. The first-order valence-electron chi connectivity index (χ1n) is 13.8. The van der Waals surface area contributed by atoms with Crippen LogP contribution in [-0.2, 0) is 0 Å². The Morgan fingerprint density at radius 3 is 1.67 bits per heavy atom. The summed E-state index contributed by atoms with van der Waals surface area (Å²) in [6.07, 6.45) is 3.84. The van der Waals surface area contributed by atoms with Crippen molar-refractivity contribution < 1.29 is 14.6 Å². The standard InChI is InChI=1S/C33H39N3O3/c1-7-9-15-38-25-19-28(37)30(29(20-25)39-16-10-8-2)33-35-31(26-13-11-21(3)17-23(26)5)34-32(36-33)27-14-12-22(4)18-24(27)6/h11-14,17-20,37H,7-10,15-16H2,1-6H3. The summed E-state index contributed by atoms with van der Waals surface area (Å²) in [7, 11) is 0. The van der Waals surface area contributed by atoms with Crippen molar-refractivity contribution in [1.82, 2.24) is 15.0 Å². The second kappa shape index (κ2) is 12.7. The van der Waals surface area contributed by atoms with E-state index in [0.29, 0.717) is 47.7 Å². The maximum Gasteiger partial charge on any atom is 0.171 e. The monoisotopic (exact) mass is 525 g/mol. The summed E-state index contributed by atoms with van der Waals surface area (Å²) in [6, 6.07) is 15.9. The van der Waals surface area contributed by atoms with Crippen molar-refractivity contribution >= 4 is 0 Å². The van der Waals surface area contributed by atoms with Gasteiger partial charge in [-0.1, -0.05) is 74.2 Å². The van der Waals surface area contributed by atoms with E-state index in [-0.39, 0.29) is 5.75 Å². The molecule has 0 aliphatic rings. The summed E-state index contributed by atoms with van der Waals surface area (Å²) < 4.78 is 12.1. The molecule has 1 aromatic heterocycles. The highest BCUT2D eigenvalue weighted by atomic mass is 16.5. The number of aryl methyl sites for hydroxylation is 4. The number of phenolic OH excluding ortho intramolecular Hbond substituents is 1. The number of ether oxygens (including phenoxy) is 2. The summed E-state index contributed by atoms with van der Waals surface area (Å²) in [5.74, 6) is 2.54. The molecule has 0 atom stereocenters. The first kappa shape index (κ1) is 28.1. The third-order valence-corrected chi connectivity index (χ3v) is 6.68. The second-order valence-corrected chi connectivity index (χ2v) is 10.2. The molecule has 1 heterocycles. The van der Waals surface area contributed by atoms with Crippen molar-refractivity contribution in [1.29, 1.82) is 0 Å². The van der Waals surface area contributed by atoms with Gasteiger partial charge in [-0.2, -0.15) is 0 Å². The minimum atomic E-state index is 0.0138. The second-order valence-electron chi connectivity index (χ2n) is 10.2. The van der Waals surface area contributed by atoms with Gasteiger partial charge in [-0.3, -0.25) is 0 Å². The molecule has 4 aromatic rings. The molecule has 0 saturated carbocycles. The van der Waals surface area contributed by atoms with Gasteiger partial charge in [-0.25, -0.2) is 15.0 Å².